The average molecular weight is 334 g/mol. The standard InChI is InChI=1S/C20H18N2O3/c1-15(19-8-5-13-24-19)21-22-20(23)17-11-9-16(10-12-17)14-25-18-6-3-2-4-7-18/h2-13H,14H2,1H3,(H,22,23)/b21-15-. The lowest BCUT2D eigenvalue weighted by Crippen LogP contribution is -2.19. The fraction of sp³-hybridized carbons (Fsp3) is 0.100. The Morgan fingerprint density at radius 2 is 1.80 bits per heavy atom. The monoisotopic (exact) mass is 334 g/mol. The fourth-order valence-corrected chi connectivity index (χ4v) is 2.17. The van der Waals surface area contributed by atoms with Crippen molar-refractivity contribution in [3.8, 4) is 5.75 Å². The van der Waals surface area contributed by atoms with Crippen LogP contribution >= 0.6 is 0 Å². The quantitative estimate of drug-likeness (QED) is 0.547. The highest BCUT2D eigenvalue weighted by molar-refractivity contribution is 5.99. The van der Waals surface area contributed by atoms with Crippen LogP contribution in [0.4, 0.5) is 0 Å². The van der Waals surface area contributed by atoms with Crippen molar-refractivity contribution in [2.75, 3.05) is 0 Å². The van der Waals surface area contributed by atoms with Crippen molar-refractivity contribution in [2.45, 2.75) is 13.5 Å². The minimum Gasteiger partial charge on any atom is -0.489 e. The van der Waals surface area contributed by atoms with Crippen molar-refractivity contribution in [1.29, 1.82) is 0 Å². The smallest absolute Gasteiger partial charge is 0.271 e. The molecule has 0 saturated carbocycles. The molecule has 0 aliphatic carbocycles. The third-order valence-electron chi connectivity index (χ3n) is 3.57. The molecule has 126 valence electrons. The molecule has 0 aliphatic heterocycles. The van der Waals surface area contributed by atoms with E-state index in [1.165, 1.54) is 0 Å². The van der Waals surface area contributed by atoms with E-state index >= 15 is 0 Å². The predicted octanol–water partition coefficient (Wildman–Crippen LogP) is 4.01. The number of hydrogen-bond acceptors (Lipinski definition) is 4. The first-order valence-corrected chi connectivity index (χ1v) is 7.87. The van der Waals surface area contributed by atoms with Crippen molar-refractivity contribution >= 4 is 11.6 Å². The maximum atomic E-state index is 12.1. The second-order valence-corrected chi connectivity index (χ2v) is 5.41. The number of nitrogens with one attached hydrogen (secondary N) is 1. The van der Waals surface area contributed by atoms with Crippen LogP contribution in [0.25, 0.3) is 0 Å². The van der Waals surface area contributed by atoms with E-state index in [9.17, 15) is 4.79 Å². The Bertz CT molecular complexity index is 838. The van der Waals surface area contributed by atoms with Gasteiger partial charge in [-0.2, -0.15) is 5.10 Å². The molecule has 0 radical (unpaired) electrons. The number of benzene rings is 2. The van der Waals surface area contributed by atoms with Gasteiger partial charge < -0.3 is 9.15 Å². The molecule has 0 bridgehead atoms. The van der Waals surface area contributed by atoms with Gasteiger partial charge in [-0.15, -0.1) is 0 Å². The molecule has 3 rings (SSSR count). The number of para-hydroxylation sites is 1. The molecule has 1 N–H and O–H groups in total. The van der Waals surface area contributed by atoms with Gasteiger partial charge in [0.2, 0.25) is 0 Å². The lowest BCUT2D eigenvalue weighted by atomic mass is 10.1. The lowest BCUT2D eigenvalue weighted by Gasteiger charge is -2.07. The molecule has 0 fully saturated rings. The van der Waals surface area contributed by atoms with Crippen LogP contribution in [0.3, 0.4) is 0 Å². The number of hydrazone groups is 1. The Morgan fingerprint density at radius 1 is 1.04 bits per heavy atom. The van der Waals surface area contributed by atoms with Crippen molar-refractivity contribution < 1.29 is 13.9 Å². The van der Waals surface area contributed by atoms with E-state index in [2.05, 4.69) is 10.5 Å². The Balaban J connectivity index is 1.56. The van der Waals surface area contributed by atoms with Gasteiger partial charge in [-0.05, 0) is 48.9 Å². The topological polar surface area (TPSA) is 63.8 Å². The molecule has 0 atom stereocenters. The van der Waals surface area contributed by atoms with Gasteiger partial charge in [-0.3, -0.25) is 4.79 Å². The van der Waals surface area contributed by atoms with Crippen molar-refractivity contribution in [1.82, 2.24) is 5.43 Å². The second-order valence-electron chi connectivity index (χ2n) is 5.41. The molecule has 0 spiro atoms. The molecular weight excluding hydrogens is 316 g/mol. The van der Waals surface area contributed by atoms with E-state index < -0.39 is 0 Å². The Hall–Kier alpha value is -3.34. The summed E-state index contributed by atoms with van der Waals surface area (Å²) in [6.07, 6.45) is 1.56. The lowest BCUT2D eigenvalue weighted by molar-refractivity contribution is 0.0954. The maximum Gasteiger partial charge on any atom is 0.271 e. The van der Waals surface area contributed by atoms with Gasteiger partial charge >= 0.3 is 0 Å². The fourth-order valence-electron chi connectivity index (χ4n) is 2.17. The third kappa shape index (κ3) is 4.57. The predicted molar refractivity (Wildman–Crippen MR) is 95.6 cm³/mol. The highest BCUT2D eigenvalue weighted by atomic mass is 16.5. The minimum atomic E-state index is -0.276. The van der Waals surface area contributed by atoms with Gasteiger partial charge in [0, 0.05) is 5.56 Å². The third-order valence-corrected chi connectivity index (χ3v) is 3.57. The van der Waals surface area contributed by atoms with Crippen LogP contribution in [0, 0.1) is 0 Å². The number of amides is 1. The first-order valence-electron chi connectivity index (χ1n) is 7.87. The van der Waals surface area contributed by atoms with Crippen LogP contribution in [0.2, 0.25) is 0 Å². The van der Waals surface area contributed by atoms with Gasteiger partial charge in [0.15, 0.2) is 0 Å². The summed E-state index contributed by atoms with van der Waals surface area (Å²) in [5.74, 6) is 1.15. The number of rotatable bonds is 6. The summed E-state index contributed by atoms with van der Waals surface area (Å²) < 4.78 is 10.9. The van der Waals surface area contributed by atoms with Crippen LogP contribution in [-0.4, -0.2) is 11.6 Å². The summed E-state index contributed by atoms with van der Waals surface area (Å²) in [4.78, 5) is 12.1. The number of ether oxygens (including phenoxy) is 1. The van der Waals surface area contributed by atoms with Crippen LogP contribution in [0.5, 0.6) is 5.75 Å². The average Bonchev–Trinajstić information content (AvgIpc) is 3.20. The van der Waals surface area contributed by atoms with Crippen molar-refractivity contribution in [3.63, 3.8) is 0 Å². The molecule has 0 saturated heterocycles. The molecule has 25 heavy (non-hydrogen) atoms. The van der Waals surface area contributed by atoms with E-state index in [-0.39, 0.29) is 5.91 Å². The Labute approximate surface area is 145 Å². The van der Waals surface area contributed by atoms with Gasteiger partial charge in [0.05, 0.1) is 6.26 Å². The van der Waals surface area contributed by atoms with E-state index in [0.29, 0.717) is 23.6 Å². The molecule has 1 amide bonds. The van der Waals surface area contributed by atoms with Gasteiger partial charge in [-0.1, -0.05) is 30.3 Å². The Kier molecular flexibility index (Phi) is 5.26. The van der Waals surface area contributed by atoms with Gasteiger partial charge in [0.25, 0.3) is 5.91 Å². The highest BCUT2D eigenvalue weighted by Crippen LogP contribution is 2.12. The summed E-state index contributed by atoms with van der Waals surface area (Å²) in [6.45, 7) is 2.21. The van der Waals surface area contributed by atoms with E-state index in [0.717, 1.165) is 11.3 Å². The van der Waals surface area contributed by atoms with E-state index in [4.69, 9.17) is 9.15 Å². The molecule has 3 aromatic rings. The number of carbonyl (C=O) groups is 1. The van der Waals surface area contributed by atoms with Gasteiger partial charge in [-0.25, -0.2) is 5.43 Å². The van der Waals surface area contributed by atoms with E-state index in [1.807, 2.05) is 42.5 Å². The summed E-state index contributed by atoms with van der Waals surface area (Å²) in [5.41, 5.74) is 4.63. The van der Waals surface area contributed by atoms with Gasteiger partial charge in [0.1, 0.15) is 23.8 Å². The van der Waals surface area contributed by atoms with Crippen LogP contribution in [0.15, 0.2) is 82.5 Å². The van der Waals surface area contributed by atoms with Crippen LogP contribution in [0.1, 0.15) is 28.6 Å². The Morgan fingerprint density at radius 3 is 2.48 bits per heavy atom. The summed E-state index contributed by atoms with van der Waals surface area (Å²) in [7, 11) is 0. The largest absolute Gasteiger partial charge is 0.489 e. The molecule has 5 nitrogen and oxygen atoms in total. The number of carbonyl (C=O) groups excluding carboxylic acids is 1. The zero-order valence-electron chi connectivity index (χ0n) is 13.8. The normalized spacial score (nSPS) is 11.2. The molecular formula is C20H18N2O3. The number of furan rings is 1. The van der Waals surface area contributed by atoms with Crippen LogP contribution < -0.4 is 10.2 Å². The second kappa shape index (κ2) is 7.97. The summed E-state index contributed by atoms with van der Waals surface area (Å²) >= 11 is 0. The first-order chi connectivity index (χ1) is 12.2. The summed E-state index contributed by atoms with van der Waals surface area (Å²) in [6, 6.07) is 20.4. The SMILES string of the molecule is C/C(=N/NC(=O)c1ccc(COc2ccccc2)cc1)c1ccco1. The molecule has 5 heteroatoms. The molecule has 1 heterocycles. The first kappa shape index (κ1) is 16.5. The number of hydrogen-bond donors (Lipinski definition) is 1. The van der Waals surface area contributed by atoms with Crippen molar-refractivity contribution in [2.24, 2.45) is 5.10 Å². The van der Waals surface area contributed by atoms with E-state index in [1.54, 1.807) is 37.5 Å². The molecule has 0 unspecified atom stereocenters. The summed E-state index contributed by atoms with van der Waals surface area (Å²) in [5, 5.41) is 4.04. The zero-order valence-corrected chi connectivity index (χ0v) is 13.8. The molecule has 0 aliphatic rings. The molecule has 2 aromatic carbocycles. The highest BCUT2D eigenvalue weighted by Gasteiger charge is 2.06. The number of nitrogens with zero attached hydrogens (tertiary/aromatic N) is 1. The van der Waals surface area contributed by atoms with Crippen molar-refractivity contribution in [3.05, 3.63) is 89.9 Å². The van der Waals surface area contributed by atoms with Crippen LogP contribution in [-0.2, 0) is 6.61 Å². The maximum absolute atomic E-state index is 12.1. The molecule has 1 aromatic heterocycles. The zero-order chi connectivity index (χ0) is 17.5. The minimum absolute atomic E-state index is 0.276.